The van der Waals surface area contributed by atoms with Crippen LogP contribution in [0.15, 0.2) is 53.8 Å². The second-order valence-corrected chi connectivity index (χ2v) is 5.92. The van der Waals surface area contributed by atoms with E-state index in [2.05, 4.69) is 15.2 Å². The third-order valence-corrected chi connectivity index (χ3v) is 4.48. The molecule has 0 aliphatic carbocycles. The maximum Gasteiger partial charge on any atom is 0.269 e. The van der Waals surface area contributed by atoms with Crippen molar-refractivity contribution in [2.75, 3.05) is 0 Å². The van der Waals surface area contributed by atoms with Gasteiger partial charge < -0.3 is 4.57 Å². The molecule has 0 atom stereocenters. The van der Waals surface area contributed by atoms with Crippen LogP contribution >= 0.6 is 11.8 Å². The minimum absolute atomic E-state index is 0.0953. The topological polar surface area (TPSA) is 86.7 Å². The monoisotopic (exact) mass is 341 g/mol. The van der Waals surface area contributed by atoms with Crippen molar-refractivity contribution in [2.24, 2.45) is 0 Å². The van der Waals surface area contributed by atoms with Gasteiger partial charge in [0.1, 0.15) is 5.69 Å². The number of non-ortho nitro benzene ring substituents is 1. The van der Waals surface area contributed by atoms with Crippen LogP contribution in [0.1, 0.15) is 12.5 Å². The van der Waals surface area contributed by atoms with Crippen molar-refractivity contribution in [1.82, 2.24) is 19.7 Å². The number of pyridine rings is 1. The molecule has 0 fully saturated rings. The second-order valence-electron chi connectivity index (χ2n) is 4.98. The quantitative estimate of drug-likeness (QED) is 0.387. The molecule has 0 spiro atoms. The van der Waals surface area contributed by atoms with Crippen molar-refractivity contribution in [3.8, 4) is 11.5 Å². The van der Waals surface area contributed by atoms with E-state index in [1.54, 1.807) is 30.1 Å². The Morgan fingerprint density at radius 2 is 1.96 bits per heavy atom. The second kappa shape index (κ2) is 7.22. The number of hydrogen-bond donors (Lipinski definition) is 0. The zero-order valence-electron chi connectivity index (χ0n) is 13.0. The molecule has 0 saturated heterocycles. The molecule has 2 aromatic heterocycles. The first kappa shape index (κ1) is 16.1. The third kappa shape index (κ3) is 3.43. The van der Waals surface area contributed by atoms with Crippen molar-refractivity contribution in [3.05, 3.63) is 64.3 Å². The maximum absolute atomic E-state index is 10.7. The largest absolute Gasteiger partial charge is 0.301 e. The molecular weight excluding hydrogens is 326 g/mol. The highest BCUT2D eigenvalue weighted by atomic mass is 32.2. The van der Waals surface area contributed by atoms with Gasteiger partial charge in [0.05, 0.1) is 4.92 Å². The molecule has 0 saturated carbocycles. The maximum atomic E-state index is 10.7. The highest BCUT2D eigenvalue weighted by molar-refractivity contribution is 7.98. The number of benzene rings is 1. The van der Waals surface area contributed by atoms with E-state index in [0.717, 1.165) is 28.8 Å². The Bertz CT molecular complexity index is 833. The van der Waals surface area contributed by atoms with E-state index in [-0.39, 0.29) is 5.69 Å². The number of nitro groups is 1. The number of rotatable bonds is 6. The first-order chi connectivity index (χ1) is 11.7. The minimum atomic E-state index is -0.399. The van der Waals surface area contributed by atoms with E-state index in [9.17, 15) is 10.1 Å². The van der Waals surface area contributed by atoms with Crippen molar-refractivity contribution >= 4 is 17.4 Å². The van der Waals surface area contributed by atoms with E-state index in [4.69, 9.17) is 0 Å². The van der Waals surface area contributed by atoms with Crippen molar-refractivity contribution in [2.45, 2.75) is 24.4 Å². The van der Waals surface area contributed by atoms with Crippen LogP contribution in [0, 0.1) is 10.1 Å². The zero-order chi connectivity index (χ0) is 16.9. The molecule has 0 bridgehead atoms. The smallest absolute Gasteiger partial charge is 0.269 e. The summed E-state index contributed by atoms with van der Waals surface area (Å²) in [5.41, 5.74) is 1.88. The highest BCUT2D eigenvalue weighted by Crippen LogP contribution is 2.26. The molecule has 1 aromatic carbocycles. The molecule has 0 unspecified atom stereocenters. The summed E-state index contributed by atoms with van der Waals surface area (Å²) in [4.78, 5) is 14.6. The van der Waals surface area contributed by atoms with E-state index in [1.165, 1.54) is 12.1 Å². The van der Waals surface area contributed by atoms with E-state index < -0.39 is 4.92 Å². The van der Waals surface area contributed by atoms with Crippen molar-refractivity contribution < 1.29 is 4.92 Å². The van der Waals surface area contributed by atoms with Gasteiger partial charge in [0, 0.05) is 30.6 Å². The molecule has 0 aliphatic rings. The first-order valence-corrected chi connectivity index (χ1v) is 8.38. The lowest BCUT2D eigenvalue weighted by atomic mass is 10.2. The number of nitro benzene ring substituents is 1. The lowest BCUT2D eigenvalue weighted by molar-refractivity contribution is -0.384. The van der Waals surface area contributed by atoms with Gasteiger partial charge in [0.15, 0.2) is 11.0 Å². The number of aromatic nitrogens is 4. The van der Waals surface area contributed by atoms with Crippen LogP contribution in [0.25, 0.3) is 11.5 Å². The van der Waals surface area contributed by atoms with Crippen LogP contribution in [-0.4, -0.2) is 24.7 Å². The van der Waals surface area contributed by atoms with Crippen molar-refractivity contribution in [1.29, 1.82) is 0 Å². The first-order valence-electron chi connectivity index (χ1n) is 7.39. The fourth-order valence-electron chi connectivity index (χ4n) is 2.23. The standard InChI is InChI=1S/C16H15N5O2S/c1-2-20-15(14-5-3-4-10-17-14)18-19-16(20)24-11-12-6-8-13(9-7-12)21(22)23/h3-10H,2,11H2,1H3. The van der Waals surface area contributed by atoms with Gasteiger partial charge >= 0.3 is 0 Å². The van der Waals surface area contributed by atoms with Crippen LogP contribution in [0.2, 0.25) is 0 Å². The fraction of sp³-hybridized carbons (Fsp3) is 0.188. The zero-order valence-corrected chi connectivity index (χ0v) is 13.8. The third-order valence-electron chi connectivity index (χ3n) is 3.44. The van der Waals surface area contributed by atoms with Gasteiger partial charge in [-0.05, 0) is 24.6 Å². The summed E-state index contributed by atoms with van der Waals surface area (Å²) < 4.78 is 2.01. The number of nitrogens with zero attached hydrogens (tertiary/aromatic N) is 5. The van der Waals surface area contributed by atoms with Crippen LogP contribution < -0.4 is 0 Å². The van der Waals surface area contributed by atoms with Gasteiger partial charge in [-0.1, -0.05) is 30.0 Å². The lowest BCUT2D eigenvalue weighted by Gasteiger charge is -2.06. The molecule has 0 amide bonds. The van der Waals surface area contributed by atoms with Gasteiger partial charge in [0.25, 0.3) is 5.69 Å². The van der Waals surface area contributed by atoms with E-state index in [1.807, 2.05) is 29.7 Å². The van der Waals surface area contributed by atoms with Crippen LogP contribution in [0.3, 0.4) is 0 Å². The molecule has 2 heterocycles. The van der Waals surface area contributed by atoms with Gasteiger partial charge in [-0.15, -0.1) is 10.2 Å². The molecule has 7 nitrogen and oxygen atoms in total. The summed E-state index contributed by atoms with van der Waals surface area (Å²) in [6, 6.07) is 12.2. The molecule has 0 aliphatic heterocycles. The average Bonchev–Trinajstić information content (AvgIpc) is 3.04. The van der Waals surface area contributed by atoms with Gasteiger partial charge in [-0.2, -0.15) is 0 Å². The average molecular weight is 341 g/mol. The Hall–Kier alpha value is -2.74. The van der Waals surface area contributed by atoms with Crippen LogP contribution in [0.5, 0.6) is 0 Å². The Labute approximate surface area is 142 Å². The van der Waals surface area contributed by atoms with Crippen LogP contribution in [0.4, 0.5) is 5.69 Å². The molecule has 24 heavy (non-hydrogen) atoms. The summed E-state index contributed by atoms with van der Waals surface area (Å²) in [5, 5.41) is 20.0. The van der Waals surface area contributed by atoms with Gasteiger partial charge in [-0.25, -0.2) is 0 Å². The molecular formula is C16H15N5O2S. The minimum Gasteiger partial charge on any atom is -0.301 e. The SMILES string of the molecule is CCn1c(SCc2ccc([N+](=O)[O-])cc2)nnc1-c1ccccn1. The molecule has 8 heteroatoms. The summed E-state index contributed by atoms with van der Waals surface area (Å²) in [7, 11) is 0. The molecule has 0 radical (unpaired) electrons. The summed E-state index contributed by atoms with van der Waals surface area (Å²) in [5.74, 6) is 1.41. The predicted octanol–water partition coefficient (Wildman–Crippen LogP) is 3.56. The normalized spacial score (nSPS) is 10.7. The molecule has 3 aromatic rings. The summed E-state index contributed by atoms with van der Waals surface area (Å²) >= 11 is 1.55. The Kier molecular flexibility index (Phi) is 4.85. The van der Waals surface area contributed by atoms with E-state index >= 15 is 0 Å². The predicted molar refractivity (Wildman–Crippen MR) is 91.6 cm³/mol. The van der Waals surface area contributed by atoms with Gasteiger partial charge in [-0.3, -0.25) is 15.1 Å². The van der Waals surface area contributed by atoms with Gasteiger partial charge in [0.2, 0.25) is 0 Å². The highest BCUT2D eigenvalue weighted by Gasteiger charge is 2.14. The molecule has 122 valence electrons. The number of hydrogen-bond acceptors (Lipinski definition) is 6. The number of thioether (sulfide) groups is 1. The lowest BCUT2D eigenvalue weighted by Crippen LogP contribution is -2.00. The molecule has 3 rings (SSSR count). The fourth-order valence-corrected chi connectivity index (χ4v) is 3.18. The van der Waals surface area contributed by atoms with E-state index in [0.29, 0.717) is 5.75 Å². The summed E-state index contributed by atoms with van der Waals surface area (Å²) in [6.45, 7) is 2.77. The molecule has 0 N–H and O–H groups in total. The van der Waals surface area contributed by atoms with Crippen LogP contribution in [-0.2, 0) is 12.3 Å². The summed E-state index contributed by atoms with van der Waals surface area (Å²) in [6.07, 6.45) is 1.73. The Morgan fingerprint density at radius 3 is 2.58 bits per heavy atom. The Balaban J connectivity index is 1.76. The van der Waals surface area contributed by atoms with Crippen molar-refractivity contribution in [3.63, 3.8) is 0 Å². The Morgan fingerprint density at radius 1 is 1.17 bits per heavy atom.